The molecule has 2 heterocycles. The maximum absolute atomic E-state index is 6.15. The van der Waals surface area contributed by atoms with Crippen LogP contribution in [0.15, 0.2) is 0 Å². The van der Waals surface area contributed by atoms with Crippen molar-refractivity contribution in [3.05, 3.63) is 0 Å². The van der Waals surface area contributed by atoms with E-state index >= 15 is 0 Å². The van der Waals surface area contributed by atoms with E-state index in [-0.39, 0.29) is 16.9 Å². The van der Waals surface area contributed by atoms with Crippen LogP contribution < -0.4 is 5.32 Å². The molecule has 0 aliphatic carbocycles. The van der Waals surface area contributed by atoms with Gasteiger partial charge in [0.05, 0.1) is 13.2 Å². The van der Waals surface area contributed by atoms with Crippen molar-refractivity contribution in [3.63, 3.8) is 0 Å². The Morgan fingerprint density at radius 3 is 2.22 bits per heavy atom. The molecule has 2 saturated heterocycles. The first-order chi connectivity index (χ1) is 8.40. The Morgan fingerprint density at radius 1 is 1.11 bits per heavy atom. The summed E-state index contributed by atoms with van der Waals surface area (Å²) in [5, 5.41) is 3.87. The fourth-order valence-electron chi connectivity index (χ4n) is 3.57. The van der Waals surface area contributed by atoms with Gasteiger partial charge in [0.1, 0.15) is 0 Å². The summed E-state index contributed by atoms with van der Waals surface area (Å²) in [7, 11) is 0. The minimum atomic E-state index is -0.376. The maximum atomic E-state index is 6.15. The van der Waals surface area contributed by atoms with Gasteiger partial charge in [-0.15, -0.1) is 0 Å². The van der Waals surface area contributed by atoms with Crippen molar-refractivity contribution in [1.29, 1.82) is 0 Å². The van der Waals surface area contributed by atoms with Crippen molar-refractivity contribution in [2.45, 2.75) is 77.2 Å². The van der Waals surface area contributed by atoms with Gasteiger partial charge in [0.2, 0.25) is 0 Å². The molecule has 0 saturated carbocycles. The van der Waals surface area contributed by atoms with E-state index in [9.17, 15) is 0 Å². The van der Waals surface area contributed by atoms with Crippen LogP contribution in [0.3, 0.4) is 0 Å². The quantitative estimate of drug-likeness (QED) is 0.822. The molecule has 0 aromatic rings. The summed E-state index contributed by atoms with van der Waals surface area (Å²) in [5.74, 6) is -0.00567. The summed E-state index contributed by atoms with van der Waals surface area (Å²) in [6.45, 7) is 13.1. The Bertz CT molecular complexity index is 301. The highest BCUT2D eigenvalue weighted by atomic mass is 16.7. The number of hydrogen-bond acceptors (Lipinski definition) is 3. The van der Waals surface area contributed by atoms with Crippen LogP contribution in [0.5, 0.6) is 0 Å². The van der Waals surface area contributed by atoms with Crippen LogP contribution in [0.1, 0.15) is 60.3 Å². The van der Waals surface area contributed by atoms with Gasteiger partial charge >= 0.3 is 0 Å². The van der Waals surface area contributed by atoms with Gasteiger partial charge in [-0.05, 0) is 33.1 Å². The highest BCUT2D eigenvalue weighted by molar-refractivity contribution is 5.08. The second kappa shape index (κ2) is 4.77. The molecule has 0 aromatic carbocycles. The van der Waals surface area contributed by atoms with Crippen LogP contribution in [0.4, 0.5) is 0 Å². The Morgan fingerprint density at radius 2 is 1.72 bits per heavy atom. The third-order valence-electron chi connectivity index (χ3n) is 5.34. The van der Waals surface area contributed by atoms with E-state index < -0.39 is 0 Å². The molecule has 2 fully saturated rings. The van der Waals surface area contributed by atoms with E-state index in [2.05, 4.69) is 39.9 Å². The second-order valence-electron chi connectivity index (χ2n) is 6.57. The SMILES string of the molecule is CCC1(C)CC2(OCCCO2)C(C)C(C)(CC)N1. The molecule has 3 nitrogen and oxygen atoms in total. The molecule has 2 aliphatic rings. The first-order valence-electron chi connectivity index (χ1n) is 7.47. The zero-order valence-electron chi connectivity index (χ0n) is 12.6. The summed E-state index contributed by atoms with van der Waals surface area (Å²) < 4.78 is 12.3. The third kappa shape index (κ3) is 2.21. The van der Waals surface area contributed by atoms with E-state index in [0.717, 1.165) is 38.9 Å². The molecule has 0 amide bonds. The fraction of sp³-hybridized carbons (Fsp3) is 1.00. The molecule has 106 valence electrons. The van der Waals surface area contributed by atoms with Crippen molar-refractivity contribution in [2.24, 2.45) is 5.92 Å². The number of piperidine rings is 1. The minimum absolute atomic E-state index is 0.0837. The van der Waals surface area contributed by atoms with Crippen molar-refractivity contribution in [1.82, 2.24) is 5.32 Å². The molecular weight excluding hydrogens is 226 g/mol. The normalized spacial score (nSPS) is 44.2. The van der Waals surface area contributed by atoms with Gasteiger partial charge in [0.25, 0.3) is 0 Å². The molecule has 0 radical (unpaired) electrons. The zero-order chi connectivity index (χ0) is 13.4. The van der Waals surface area contributed by atoms with Crippen LogP contribution in [0.25, 0.3) is 0 Å². The van der Waals surface area contributed by atoms with Crippen LogP contribution in [0.2, 0.25) is 0 Å². The summed E-state index contributed by atoms with van der Waals surface area (Å²) in [4.78, 5) is 0. The molecule has 3 unspecified atom stereocenters. The molecule has 18 heavy (non-hydrogen) atoms. The number of hydrogen-bond donors (Lipinski definition) is 1. The lowest BCUT2D eigenvalue weighted by molar-refractivity contribution is -0.325. The van der Waals surface area contributed by atoms with Gasteiger partial charge < -0.3 is 14.8 Å². The van der Waals surface area contributed by atoms with Crippen LogP contribution >= 0.6 is 0 Å². The van der Waals surface area contributed by atoms with Gasteiger partial charge in [-0.2, -0.15) is 0 Å². The van der Waals surface area contributed by atoms with Gasteiger partial charge in [-0.1, -0.05) is 20.8 Å². The third-order valence-corrected chi connectivity index (χ3v) is 5.34. The average Bonchev–Trinajstić information content (AvgIpc) is 2.37. The summed E-state index contributed by atoms with van der Waals surface area (Å²) in [6, 6.07) is 0. The molecule has 1 spiro atoms. The van der Waals surface area contributed by atoms with E-state index in [0.29, 0.717) is 5.92 Å². The first kappa shape index (κ1) is 14.3. The molecule has 3 atom stereocenters. The highest BCUT2D eigenvalue weighted by Crippen LogP contribution is 2.47. The molecular formula is C15H29NO2. The lowest BCUT2D eigenvalue weighted by Gasteiger charge is -2.59. The van der Waals surface area contributed by atoms with Crippen molar-refractivity contribution in [2.75, 3.05) is 13.2 Å². The molecule has 0 bridgehead atoms. The summed E-state index contributed by atoms with van der Waals surface area (Å²) in [6.07, 6.45) is 4.17. The Hall–Kier alpha value is -0.120. The predicted molar refractivity (Wildman–Crippen MR) is 73.6 cm³/mol. The largest absolute Gasteiger partial charge is 0.349 e. The van der Waals surface area contributed by atoms with E-state index in [1.54, 1.807) is 0 Å². The standard InChI is InChI=1S/C15H29NO2/c1-6-13(4)11-15(17-9-8-10-18-15)12(3)14(5,7-2)16-13/h12,16H,6-11H2,1-5H3. The molecule has 2 rings (SSSR count). The van der Waals surface area contributed by atoms with Gasteiger partial charge in [0.15, 0.2) is 5.79 Å². The maximum Gasteiger partial charge on any atom is 0.174 e. The highest BCUT2D eigenvalue weighted by Gasteiger charge is 2.57. The smallest absolute Gasteiger partial charge is 0.174 e. The van der Waals surface area contributed by atoms with Crippen molar-refractivity contribution < 1.29 is 9.47 Å². The number of ether oxygens (including phenoxy) is 2. The minimum Gasteiger partial charge on any atom is -0.349 e. The van der Waals surface area contributed by atoms with Crippen LogP contribution in [-0.2, 0) is 9.47 Å². The first-order valence-corrected chi connectivity index (χ1v) is 7.47. The van der Waals surface area contributed by atoms with Crippen molar-refractivity contribution >= 4 is 0 Å². The molecule has 0 aromatic heterocycles. The summed E-state index contributed by atoms with van der Waals surface area (Å²) in [5.41, 5.74) is 0.189. The molecule has 2 aliphatic heterocycles. The van der Waals surface area contributed by atoms with E-state index in [4.69, 9.17) is 9.47 Å². The van der Waals surface area contributed by atoms with E-state index in [1.165, 1.54) is 0 Å². The monoisotopic (exact) mass is 255 g/mol. The molecule has 1 N–H and O–H groups in total. The van der Waals surface area contributed by atoms with Gasteiger partial charge in [-0.25, -0.2) is 0 Å². The number of rotatable bonds is 2. The van der Waals surface area contributed by atoms with Crippen LogP contribution in [-0.4, -0.2) is 30.1 Å². The zero-order valence-corrected chi connectivity index (χ0v) is 12.6. The lowest BCUT2D eigenvalue weighted by Crippen LogP contribution is -2.72. The predicted octanol–water partition coefficient (Wildman–Crippen LogP) is 3.09. The van der Waals surface area contributed by atoms with Crippen molar-refractivity contribution in [3.8, 4) is 0 Å². The topological polar surface area (TPSA) is 30.5 Å². The van der Waals surface area contributed by atoms with Crippen LogP contribution in [0, 0.1) is 5.92 Å². The summed E-state index contributed by atoms with van der Waals surface area (Å²) >= 11 is 0. The number of nitrogens with one attached hydrogen (secondary N) is 1. The van der Waals surface area contributed by atoms with Gasteiger partial charge in [0, 0.05) is 23.4 Å². The van der Waals surface area contributed by atoms with Gasteiger partial charge in [-0.3, -0.25) is 0 Å². The lowest BCUT2D eigenvalue weighted by atomic mass is 9.68. The van der Waals surface area contributed by atoms with E-state index in [1.807, 2.05) is 0 Å². The second-order valence-corrected chi connectivity index (χ2v) is 6.57. The Kier molecular flexibility index (Phi) is 3.79. The Labute approximate surface area is 112 Å². The average molecular weight is 255 g/mol. The fourth-order valence-corrected chi connectivity index (χ4v) is 3.57. The molecule has 3 heteroatoms. The Balaban J connectivity index is 2.33.